The van der Waals surface area contributed by atoms with Gasteiger partial charge in [-0.2, -0.15) is 0 Å². The van der Waals surface area contributed by atoms with Gasteiger partial charge in [0.1, 0.15) is 0 Å². The van der Waals surface area contributed by atoms with Gasteiger partial charge in [-0.3, -0.25) is 4.79 Å². The number of amides is 2. The van der Waals surface area contributed by atoms with Crippen molar-refractivity contribution in [1.82, 2.24) is 4.90 Å². The van der Waals surface area contributed by atoms with Crippen LogP contribution in [0.2, 0.25) is 0 Å². The molecule has 0 aromatic heterocycles. The van der Waals surface area contributed by atoms with Crippen LogP contribution in [0, 0.1) is 17.0 Å². The number of hydrogen-bond acceptors (Lipinski definition) is 2. The molecule has 1 aliphatic rings. The molecule has 7 heteroatoms. The maximum Gasteiger partial charge on any atom is 0.321 e. The highest BCUT2D eigenvalue weighted by atomic mass is 19.2. The normalized spacial score (nSPS) is 21.4. The SMILES string of the molecule is CCC1(C(=O)O)CCN(C(=O)Nc2cccc(F)c2F)C1. The molecular formula is C14H16F2N2O3. The van der Waals surface area contributed by atoms with E-state index in [-0.39, 0.29) is 18.8 Å². The number of benzene rings is 1. The molecule has 114 valence electrons. The molecule has 0 aliphatic carbocycles. The van der Waals surface area contributed by atoms with Gasteiger partial charge in [-0.25, -0.2) is 13.6 Å². The number of nitrogens with one attached hydrogen (secondary N) is 1. The monoisotopic (exact) mass is 298 g/mol. The third kappa shape index (κ3) is 2.81. The minimum Gasteiger partial charge on any atom is -0.481 e. The summed E-state index contributed by atoms with van der Waals surface area (Å²) in [5.41, 5.74) is -1.22. The van der Waals surface area contributed by atoms with E-state index in [0.29, 0.717) is 12.8 Å². The van der Waals surface area contributed by atoms with Crippen molar-refractivity contribution in [3.63, 3.8) is 0 Å². The van der Waals surface area contributed by atoms with Gasteiger partial charge in [0, 0.05) is 13.1 Å². The fourth-order valence-electron chi connectivity index (χ4n) is 2.45. The number of carboxylic acid groups (broad SMARTS) is 1. The van der Waals surface area contributed by atoms with Gasteiger partial charge in [-0.05, 0) is 25.0 Å². The Morgan fingerprint density at radius 2 is 2.14 bits per heavy atom. The number of likely N-dealkylation sites (tertiary alicyclic amines) is 1. The highest BCUT2D eigenvalue weighted by molar-refractivity contribution is 5.90. The van der Waals surface area contributed by atoms with Crippen molar-refractivity contribution in [3.05, 3.63) is 29.8 Å². The van der Waals surface area contributed by atoms with Gasteiger partial charge in [0.25, 0.3) is 0 Å². The predicted octanol–water partition coefficient (Wildman–Crippen LogP) is 2.68. The maximum absolute atomic E-state index is 13.5. The van der Waals surface area contributed by atoms with E-state index in [1.54, 1.807) is 6.92 Å². The molecule has 1 unspecified atom stereocenters. The molecule has 1 aromatic carbocycles. The number of rotatable bonds is 3. The number of carboxylic acids is 1. The van der Waals surface area contributed by atoms with Crippen molar-refractivity contribution < 1.29 is 23.5 Å². The first-order chi connectivity index (χ1) is 9.89. The van der Waals surface area contributed by atoms with Crippen LogP contribution in [0.5, 0.6) is 0 Å². The third-order valence-electron chi connectivity index (χ3n) is 3.96. The lowest BCUT2D eigenvalue weighted by molar-refractivity contribution is -0.148. The first-order valence-electron chi connectivity index (χ1n) is 6.63. The Morgan fingerprint density at radius 1 is 1.43 bits per heavy atom. The molecule has 2 amide bonds. The quantitative estimate of drug-likeness (QED) is 0.901. The summed E-state index contributed by atoms with van der Waals surface area (Å²) in [4.78, 5) is 24.7. The van der Waals surface area contributed by atoms with Gasteiger partial charge in [0.2, 0.25) is 0 Å². The highest BCUT2D eigenvalue weighted by Crippen LogP contribution is 2.34. The Kier molecular flexibility index (Phi) is 4.11. The van der Waals surface area contributed by atoms with Gasteiger partial charge in [-0.15, -0.1) is 0 Å². The van der Waals surface area contributed by atoms with E-state index in [0.717, 1.165) is 6.07 Å². The number of aliphatic carboxylic acids is 1. The second-order valence-corrected chi connectivity index (χ2v) is 5.14. The van der Waals surface area contributed by atoms with E-state index < -0.39 is 29.0 Å². The third-order valence-corrected chi connectivity index (χ3v) is 3.96. The molecule has 21 heavy (non-hydrogen) atoms. The van der Waals surface area contributed by atoms with Crippen LogP contribution in [0.1, 0.15) is 19.8 Å². The van der Waals surface area contributed by atoms with Gasteiger partial charge >= 0.3 is 12.0 Å². The summed E-state index contributed by atoms with van der Waals surface area (Å²) in [6.07, 6.45) is 0.748. The zero-order chi connectivity index (χ0) is 15.6. The Labute approximate surface area is 120 Å². The summed E-state index contributed by atoms with van der Waals surface area (Å²) >= 11 is 0. The molecule has 0 saturated carbocycles. The Hall–Kier alpha value is -2.18. The molecule has 1 saturated heterocycles. The van der Waals surface area contributed by atoms with E-state index in [1.165, 1.54) is 17.0 Å². The number of halogens is 2. The van der Waals surface area contributed by atoms with E-state index in [1.807, 2.05) is 0 Å². The van der Waals surface area contributed by atoms with Crippen LogP contribution < -0.4 is 5.32 Å². The first-order valence-corrected chi connectivity index (χ1v) is 6.63. The van der Waals surface area contributed by atoms with Crippen LogP contribution in [0.3, 0.4) is 0 Å². The minimum absolute atomic E-state index is 0.0571. The van der Waals surface area contributed by atoms with Crippen molar-refractivity contribution in [3.8, 4) is 0 Å². The maximum atomic E-state index is 13.5. The molecule has 1 aliphatic heterocycles. The summed E-state index contributed by atoms with van der Waals surface area (Å²) in [7, 11) is 0. The van der Waals surface area contributed by atoms with E-state index in [2.05, 4.69) is 5.32 Å². The summed E-state index contributed by atoms with van der Waals surface area (Å²) in [6, 6.07) is 2.85. The lowest BCUT2D eigenvalue weighted by Crippen LogP contribution is -2.38. The first kappa shape index (κ1) is 15.2. The van der Waals surface area contributed by atoms with Crippen molar-refractivity contribution in [2.75, 3.05) is 18.4 Å². The van der Waals surface area contributed by atoms with Crippen molar-refractivity contribution in [2.24, 2.45) is 5.41 Å². The van der Waals surface area contributed by atoms with E-state index in [4.69, 9.17) is 0 Å². The topological polar surface area (TPSA) is 69.6 Å². The summed E-state index contributed by atoms with van der Waals surface area (Å²) in [6.45, 7) is 2.08. The van der Waals surface area contributed by atoms with Crippen molar-refractivity contribution in [2.45, 2.75) is 19.8 Å². The summed E-state index contributed by atoms with van der Waals surface area (Å²) in [5.74, 6) is -3.13. The molecule has 0 bridgehead atoms. The average Bonchev–Trinajstić information content (AvgIpc) is 2.90. The molecule has 1 aromatic rings. The van der Waals surface area contributed by atoms with E-state index in [9.17, 15) is 23.5 Å². The van der Waals surface area contributed by atoms with Crippen molar-refractivity contribution >= 4 is 17.7 Å². The zero-order valence-corrected chi connectivity index (χ0v) is 11.5. The van der Waals surface area contributed by atoms with Crippen LogP contribution in [0.4, 0.5) is 19.3 Å². The standard InChI is InChI=1S/C14H16F2N2O3/c1-2-14(12(19)20)6-7-18(8-14)13(21)17-10-5-3-4-9(15)11(10)16/h3-5H,2,6-8H2,1H3,(H,17,21)(H,19,20). The lowest BCUT2D eigenvalue weighted by Gasteiger charge is -2.23. The zero-order valence-electron chi connectivity index (χ0n) is 11.5. The fourth-order valence-corrected chi connectivity index (χ4v) is 2.45. The Morgan fingerprint density at radius 3 is 2.71 bits per heavy atom. The molecule has 2 rings (SSSR count). The molecule has 0 radical (unpaired) electrons. The van der Waals surface area contributed by atoms with Crippen LogP contribution in [0.25, 0.3) is 0 Å². The van der Waals surface area contributed by atoms with Gasteiger partial charge in [-0.1, -0.05) is 13.0 Å². The van der Waals surface area contributed by atoms with Gasteiger partial charge in [0.15, 0.2) is 11.6 Å². The fraction of sp³-hybridized carbons (Fsp3) is 0.429. The second-order valence-electron chi connectivity index (χ2n) is 5.14. The molecule has 5 nitrogen and oxygen atoms in total. The largest absolute Gasteiger partial charge is 0.481 e. The van der Waals surface area contributed by atoms with Crippen LogP contribution in [0.15, 0.2) is 18.2 Å². The van der Waals surface area contributed by atoms with Gasteiger partial charge < -0.3 is 15.3 Å². The average molecular weight is 298 g/mol. The molecular weight excluding hydrogens is 282 g/mol. The van der Waals surface area contributed by atoms with Crippen molar-refractivity contribution in [1.29, 1.82) is 0 Å². The number of hydrogen-bond donors (Lipinski definition) is 2. The van der Waals surface area contributed by atoms with Crippen LogP contribution in [-0.2, 0) is 4.79 Å². The van der Waals surface area contributed by atoms with Crippen LogP contribution >= 0.6 is 0 Å². The molecule has 2 N–H and O–H groups in total. The number of carbonyl (C=O) groups excluding carboxylic acids is 1. The Balaban J connectivity index is 2.09. The highest BCUT2D eigenvalue weighted by Gasteiger charge is 2.44. The predicted molar refractivity (Wildman–Crippen MR) is 71.9 cm³/mol. The molecule has 1 fully saturated rings. The van der Waals surface area contributed by atoms with E-state index >= 15 is 0 Å². The number of urea groups is 1. The smallest absolute Gasteiger partial charge is 0.321 e. The molecule has 1 heterocycles. The minimum atomic E-state index is -1.13. The number of anilines is 1. The number of nitrogens with zero attached hydrogens (tertiary/aromatic N) is 1. The second kappa shape index (κ2) is 5.67. The summed E-state index contributed by atoms with van der Waals surface area (Å²) in [5, 5.41) is 11.5. The lowest BCUT2D eigenvalue weighted by atomic mass is 9.84. The molecule has 1 atom stereocenters. The number of carbonyl (C=O) groups is 2. The van der Waals surface area contributed by atoms with Gasteiger partial charge in [0.05, 0.1) is 11.1 Å². The summed E-state index contributed by atoms with van der Waals surface area (Å²) < 4.78 is 26.6. The molecule has 0 spiro atoms. The van der Waals surface area contributed by atoms with Crippen LogP contribution in [-0.4, -0.2) is 35.1 Å². The Bertz CT molecular complexity index is 579.